The number of nitrogens with zero attached hydrogens (tertiary/aromatic N) is 2. The SMILES string of the molecule is N#CC12CC3CC1C2(C#N)C3. The van der Waals surface area contributed by atoms with Gasteiger partial charge in [0.1, 0.15) is 0 Å². The average Bonchev–Trinajstić information content (AvgIpc) is 2.57. The molecule has 0 heterocycles. The van der Waals surface area contributed by atoms with Crippen LogP contribution in [0.15, 0.2) is 0 Å². The molecule has 0 amide bonds. The predicted molar refractivity (Wildman–Crippen MR) is 36.9 cm³/mol. The van der Waals surface area contributed by atoms with Crippen LogP contribution in [-0.2, 0) is 0 Å². The summed E-state index contributed by atoms with van der Waals surface area (Å²) in [7, 11) is 0. The van der Waals surface area contributed by atoms with Crippen LogP contribution < -0.4 is 0 Å². The van der Waals surface area contributed by atoms with Crippen LogP contribution in [0, 0.1) is 45.3 Å². The number of hydrogen-bond donors (Lipinski definition) is 0. The summed E-state index contributed by atoms with van der Waals surface area (Å²) in [6.45, 7) is 0. The molecule has 4 saturated carbocycles. The molecule has 4 aliphatic carbocycles. The minimum Gasteiger partial charge on any atom is -0.198 e. The standard InChI is InChI=1S/C9H8N2/c10-4-8-2-6-1-7(8)9(8,3-6)5-11/h6-7H,1-3H2. The molecule has 0 saturated heterocycles. The van der Waals surface area contributed by atoms with Gasteiger partial charge in [-0.05, 0) is 31.1 Å². The Kier molecular flexibility index (Phi) is 0.603. The third kappa shape index (κ3) is 0.303. The van der Waals surface area contributed by atoms with E-state index in [-0.39, 0.29) is 10.8 Å². The van der Waals surface area contributed by atoms with Gasteiger partial charge in [-0.2, -0.15) is 10.5 Å². The molecule has 11 heavy (non-hydrogen) atoms. The van der Waals surface area contributed by atoms with Gasteiger partial charge in [0.25, 0.3) is 0 Å². The summed E-state index contributed by atoms with van der Waals surface area (Å²) in [4.78, 5) is 0. The second kappa shape index (κ2) is 1.18. The van der Waals surface area contributed by atoms with Crippen LogP contribution in [0.2, 0.25) is 0 Å². The fourth-order valence-electron chi connectivity index (χ4n) is 3.67. The highest BCUT2D eigenvalue weighted by atomic mass is 14.9. The Bertz CT molecular complexity index is 291. The van der Waals surface area contributed by atoms with Crippen molar-refractivity contribution in [2.24, 2.45) is 22.7 Å². The summed E-state index contributed by atoms with van der Waals surface area (Å²) < 4.78 is 0. The number of hydrogen-bond acceptors (Lipinski definition) is 2. The summed E-state index contributed by atoms with van der Waals surface area (Å²) in [5, 5.41) is 17.9. The van der Waals surface area contributed by atoms with E-state index in [9.17, 15) is 0 Å². The van der Waals surface area contributed by atoms with Crippen molar-refractivity contribution in [3.8, 4) is 12.1 Å². The summed E-state index contributed by atoms with van der Waals surface area (Å²) >= 11 is 0. The van der Waals surface area contributed by atoms with Crippen LogP contribution in [-0.4, -0.2) is 0 Å². The van der Waals surface area contributed by atoms with Crippen molar-refractivity contribution in [2.45, 2.75) is 19.3 Å². The molecule has 2 nitrogen and oxygen atoms in total. The van der Waals surface area contributed by atoms with E-state index in [1.165, 1.54) is 0 Å². The molecule has 2 unspecified atom stereocenters. The maximum atomic E-state index is 8.96. The highest BCUT2D eigenvalue weighted by Crippen LogP contribution is 2.86. The van der Waals surface area contributed by atoms with Crippen molar-refractivity contribution < 1.29 is 0 Å². The van der Waals surface area contributed by atoms with Crippen molar-refractivity contribution in [2.75, 3.05) is 0 Å². The van der Waals surface area contributed by atoms with Crippen molar-refractivity contribution >= 4 is 0 Å². The molecule has 4 fully saturated rings. The van der Waals surface area contributed by atoms with E-state index in [1.54, 1.807) is 0 Å². The fourth-order valence-corrected chi connectivity index (χ4v) is 3.67. The van der Waals surface area contributed by atoms with Gasteiger partial charge in [-0.15, -0.1) is 0 Å². The molecule has 4 aliphatic rings. The Morgan fingerprint density at radius 2 is 1.64 bits per heavy atom. The first-order valence-corrected chi connectivity index (χ1v) is 4.11. The monoisotopic (exact) mass is 144 g/mol. The van der Waals surface area contributed by atoms with Crippen LogP contribution in [0.25, 0.3) is 0 Å². The maximum absolute atomic E-state index is 8.96. The smallest absolute Gasteiger partial charge is 0.0809 e. The molecular formula is C9H8N2. The lowest BCUT2D eigenvalue weighted by Gasteiger charge is -1.97. The third-order valence-corrected chi connectivity index (χ3v) is 4.09. The van der Waals surface area contributed by atoms with Crippen LogP contribution in [0.4, 0.5) is 0 Å². The minimum absolute atomic E-state index is 0.174. The van der Waals surface area contributed by atoms with Crippen LogP contribution in [0.1, 0.15) is 19.3 Å². The topological polar surface area (TPSA) is 47.6 Å². The van der Waals surface area contributed by atoms with Crippen LogP contribution in [0.5, 0.6) is 0 Å². The van der Waals surface area contributed by atoms with Gasteiger partial charge in [-0.3, -0.25) is 0 Å². The Hall–Kier alpha value is -1.02. The molecule has 2 atom stereocenters. The molecule has 0 aromatic heterocycles. The number of nitriles is 2. The molecule has 0 aliphatic heterocycles. The van der Waals surface area contributed by atoms with E-state index < -0.39 is 0 Å². The van der Waals surface area contributed by atoms with Gasteiger partial charge in [0.05, 0.1) is 23.0 Å². The first-order chi connectivity index (χ1) is 5.29. The lowest BCUT2D eigenvalue weighted by molar-refractivity contribution is 0.582. The quantitative estimate of drug-likeness (QED) is 0.516. The third-order valence-electron chi connectivity index (χ3n) is 4.09. The molecule has 0 aromatic carbocycles. The Morgan fingerprint density at radius 3 is 1.91 bits per heavy atom. The molecule has 4 rings (SSSR count). The fraction of sp³-hybridized carbons (Fsp3) is 0.778. The summed E-state index contributed by atoms with van der Waals surface area (Å²) in [6, 6.07) is 4.75. The average molecular weight is 144 g/mol. The van der Waals surface area contributed by atoms with Crippen LogP contribution >= 0.6 is 0 Å². The Balaban J connectivity index is 2.19. The lowest BCUT2D eigenvalue weighted by atomic mass is 10.00. The van der Waals surface area contributed by atoms with Crippen molar-refractivity contribution in [3.05, 3.63) is 0 Å². The molecule has 0 radical (unpaired) electrons. The van der Waals surface area contributed by atoms with Gasteiger partial charge in [0.15, 0.2) is 0 Å². The molecule has 0 spiro atoms. The first kappa shape index (κ1) is 5.61. The predicted octanol–water partition coefficient (Wildman–Crippen LogP) is 1.45. The second-order valence-electron chi connectivity index (χ2n) is 4.23. The number of rotatable bonds is 0. The van der Waals surface area contributed by atoms with E-state index in [0.717, 1.165) is 19.3 Å². The Labute approximate surface area is 65.4 Å². The van der Waals surface area contributed by atoms with Crippen molar-refractivity contribution in [1.29, 1.82) is 10.5 Å². The zero-order valence-corrected chi connectivity index (χ0v) is 6.17. The van der Waals surface area contributed by atoms with E-state index in [4.69, 9.17) is 10.5 Å². The summed E-state index contributed by atoms with van der Waals surface area (Å²) in [6.07, 6.45) is 3.19. The van der Waals surface area contributed by atoms with E-state index in [2.05, 4.69) is 12.1 Å². The largest absolute Gasteiger partial charge is 0.198 e. The normalized spacial score (nSPS) is 62.0. The second-order valence-corrected chi connectivity index (χ2v) is 4.23. The molecular weight excluding hydrogens is 136 g/mol. The van der Waals surface area contributed by atoms with Gasteiger partial charge in [-0.1, -0.05) is 0 Å². The Morgan fingerprint density at radius 1 is 1.09 bits per heavy atom. The van der Waals surface area contributed by atoms with Gasteiger partial charge in [-0.25, -0.2) is 0 Å². The first-order valence-electron chi connectivity index (χ1n) is 4.11. The van der Waals surface area contributed by atoms with Crippen molar-refractivity contribution in [1.82, 2.24) is 0 Å². The highest BCUT2D eigenvalue weighted by molar-refractivity contribution is 5.44. The zero-order chi connectivity index (χ0) is 7.69. The molecule has 54 valence electrons. The van der Waals surface area contributed by atoms with Gasteiger partial charge >= 0.3 is 0 Å². The highest BCUT2D eigenvalue weighted by Gasteiger charge is 2.86. The van der Waals surface area contributed by atoms with Gasteiger partial charge < -0.3 is 0 Å². The minimum atomic E-state index is -0.174. The lowest BCUT2D eigenvalue weighted by Crippen LogP contribution is -2.01. The van der Waals surface area contributed by atoms with E-state index in [1.807, 2.05) is 0 Å². The van der Waals surface area contributed by atoms with E-state index in [0.29, 0.717) is 11.8 Å². The van der Waals surface area contributed by atoms with Crippen LogP contribution in [0.3, 0.4) is 0 Å². The maximum Gasteiger partial charge on any atom is 0.0809 e. The molecule has 0 N–H and O–H groups in total. The molecule has 0 aromatic rings. The summed E-state index contributed by atoms with van der Waals surface area (Å²) in [5.74, 6) is 1.16. The van der Waals surface area contributed by atoms with Gasteiger partial charge in [0, 0.05) is 0 Å². The van der Waals surface area contributed by atoms with Crippen molar-refractivity contribution in [3.63, 3.8) is 0 Å². The summed E-state index contributed by atoms with van der Waals surface area (Å²) in [5.41, 5.74) is -0.348. The molecule has 2 heteroatoms. The van der Waals surface area contributed by atoms with E-state index >= 15 is 0 Å². The molecule has 4 bridgehead atoms. The van der Waals surface area contributed by atoms with Gasteiger partial charge in [0.2, 0.25) is 0 Å². The zero-order valence-electron chi connectivity index (χ0n) is 6.17.